The highest BCUT2D eigenvalue weighted by Crippen LogP contribution is 2.55. The summed E-state index contributed by atoms with van der Waals surface area (Å²) in [6, 6.07) is 12.4. The van der Waals surface area contributed by atoms with Crippen molar-refractivity contribution < 1.29 is 22.0 Å². The van der Waals surface area contributed by atoms with E-state index in [9.17, 15) is 22.9 Å². The minimum absolute atomic E-state index is 0.0410. The Balaban J connectivity index is 1.64. The van der Waals surface area contributed by atoms with Crippen LogP contribution < -0.4 is 10.6 Å². The number of rotatable bonds is 7. The van der Waals surface area contributed by atoms with E-state index in [1.54, 1.807) is 6.20 Å². The number of hydrogen-bond donors (Lipinski definition) is 1. The van der Waals surface area contributed by atoms with E-state index < -0.39 is 45.0 Å². The van der Waals surface area contributed by atoms with E-state index in [1.165, 1.54) is 23.0 Å². The van der Waals surface area contributed by atoms with Crippen molar-refractivity contribution in [3.8, 4) is 23.0 Å². The van der Waals surface area contributed by atoms with Gasteiger partial charge in [-0.2, -0.15) is 10.4 Å². The molecule has 0 radical (unpaired) electrons. The number of sulfone groups is 1. The summed E-state index contributed by atoms with van der Waals surface area (Å²) in [5, 5.41) is 14.9. The molecule has 1 aromatic carbocycles. The van der Waals surface area contributed by atoms with Crippen LogP contribution in [0.3, 0.4) is 0 Å². The molecule has 1 aliphatic heterocycles. The zero-order chi connectivity index (χ0) is 30.2. The molecule has 3 aromatic rings. The van der Waals surface area contributed by atoms with Crippen molar-refractivity contribution in [2.45, 2.75) is 45.2 Å². The third-order valence-corrected chi connectivity index (χ3v) is 10.3. The predicted octanol–water partition coefficient (Wildman–Crippen LogP) is 4.18. The molecule has 0 bridgehead atoms. The van der Waals surface area contributed by atoms with Crippen LogP contribution in [0.5, 0.6) is 0 Å². The molecule has 2 aromatic heterocycles. The molecule has 2 N–H and O–H groups in total. The summed E-state index contributed by atoms with van der Waals surface area (Å²) >= 11 is 0. The summed E-state index contributed by atoms with van der Waals surface area (Å²) in [6.07, 6.45) is 1.95. The van der Waals surface area contributed by atoms with Crippen LogP contribution in [0, 0.1) is 34.4 Å². The third-order valence-electron chi connectivity index (χ3n) is 8.69. The van der Waals surface area contributed by atoms with Crippen LogP contribution in [0.2, 0.25) is 0 Å². The molecule has 5 rings (SSSR count). The first-order chi connectivity index (χ1) is 20.0. The van der Waals surface area contributed by atoms with Crippen molar-refractivity contribution >= 4 is 21.4 Å². The summed E-state index contributed by atoms with van der Waals surface area (Å²) in [6.45, 7) is 4.40. The first-order valence-electron chi connectivity index (χ1n) is 14.1. The highest BCUT2D eigenvalue weighted by molar-refractivity contribution is 7.91. The Morgan fingerprint density at radius 2 is 1.86 bits per heavy atom. The molecule has 12 heteroatoms. The van der Waals surface area contributed by atoms with Crippen LogP contribution in [-0.4, -0.2) is 59.9 Å². The second-order valence-corrected chi connectivity index (χ2v) is 13.9. The number of amides is 1. The molecule has 2 aliphatic rings. The van der Waals surface area contributed by atoms with Crippen LogP contribution in [0.25, 0.3) is 16.9 Å². The first-order valence-corrected chi connectivity index (χ1v) is 15.9. The Morgan fingerprint density at radius 1 is 1.17 bits per heavy atom. The van der Waals surface area contributed by atoms with Gasteiger partial charge in [0.25, 0.3) is 0 Å². The van der Waals surface area contributed by atoms with Gasteiger partial charge in [0.2, 0.25) is 5.91 Å². The summed E-state index contributed by atoms with van der Waals surface area (Å²) in [5.74, 6) is -3.09. The minimum Gasteiger partial charge on any atom is -0.369 e. The Kier molecular flexibility index (Phi) is 8.07. The number of primary amides is 1. The lowest BCUT2D eigenvalue weighted by Crippen LogP contribution is -2.52. The molecule has 222 valence electrons. The third kappa shape index (κ3) is 5.38. The van der Waals surface area contributed by atoms with Crippen molar-refractivity contribution in [3.05, 3.63) is 60.3 Å². The van der Waals surface area contributed by atoms with Crippen molar-refractivity contribution in [2.75, 3.05) is 29.5 Å². The van der Waals surface area contributed by atoms with Gasteiger partial charge in [0, 0.05) is 42.7 Å². The van der Waals surface area contributed by atoms with Gasteiger partial charge in [0.1, 0.15) is 6.17 Å². The maximum atomic E-state index is 15.1. The zero-order valence-electron chi connectivity index (χ0n) is 23.6. The van der Waals surface area contributed by atoms with Crippen LogP contribution in [0.4, 0.5) is 14.5 Å². The van der Waals surface area contributed by atoms with Gasteiger partial charge in [-0.15, -0.1) is 0 Å². The monoisotopic (exact) mass is 596 g/mol. The fourth-order valence-electron chi connectivity index (χ4n) is 6.57. The highest BCUT2D eigenvalue weighted by atomic mass is 32.2. The van der Waals surface area contributed by atoms with E-state index in [-0.39, 0.29) is 42.5 Å². The van der Waals surface area contributed by atoms with E-state index in [1.807, 2.05) is 43.0 Å². The molecule has 1 aliphatic carbocycles. The van der Waals surface area contributed by atoms with Crippen molar-refractivity contribution in [3.63, 3.8) is 0 Å². The Morgan fingerprint density at radius 3 is 2.45 bits per heavy atom. The Labute approximate surface area is 244 Å². The van der Waals surface area contributed by atoms with Crippen LogP contribution in [-0.2, 0) is 14.6 Å². The maximum absolute atomic E-state index is 15.1. The fraction of sp³-hybridized carbons (Fsp3) is 0.467. The van der Waals surface area contributed by atoms with Gasteiger partial charge in [-0.1, -0.05) is 26.0 Å². The average molecular weight is 597 g/mol. The Hall–Kier alpha value is -3.85. The quantitative estimate of drug-likeness (QED) is 0.432. The fourth-order valence-corrected chi connectivity index (χ4v) is 7.77. The van der Waals surface area contributed by atoms with Gasteiger partial charge in [0.05, 0.1) is 34.6 Å². The summed E-state index contributed by atoms with van der Waals surface area (Å²) in [5.41, 5.74) is 7.08. The SMILES string of the molecule is CC(C)[C@H](C#N)C1(C(N)=O)CC(F)CCC1c1nn(-c2ncccc2F)cc1-c1ccc(N2CCS(=O)(=O)CC2)cc1. The van der Waals surface area contributed by atoms with E-state index in [2.05, 4.69) is 11.1 Å². The summed E-state index contributed by atoms with van der Waals surface area (Å²) < 4.78 is 55.0. The first kappa shape index (κ1) is 29.6. The van der Waals surface area contributed by atoms with Gasteiger partial charge in [0.15, 0.2) is 21.5 Å². The molecule has 4 atom stereocenters. The summed E-state index contributed by atoms with van der Waals surface area (Å²) in [4.78, 5) is 19.5. The number of aromatic nitrogens is 3. The topological polar surface area (TPSA) is 135 Å². The van der Waals surface area contributed by atoms with Crippen molar-refractivity contribution in [1.29, 1.82) is 5.26 Å². The van der Waals surface area contributed by atoms with Gasteiger partial charge in [-0.05, 0) is 55.0 Å². The molecule has 3 unspecified atom stereocenters. The molecule has 1 saturated carbocycles. The molecule has 1 amide bonds. The molecule has 1 saturated heterocycles. The number of hydrogen-bond acceptors (Lipinski definition) is 7. The number of alkyl halides is 1. The normalized spacial score (nSPS) is 24.7. The van der Waals surface area contributed by atoms with Crippen molar-refractivity contribution in [1.82, 2.24) is 14.8 Å². The van der Waals surface area contributed by atoms with E-state index >= 15 is 4.39 Å². The van der Waals surface area contributed by atoms with E-state index in [0.717, 1.165) is 5.69 Å². The number of nitrogens with zero attached hydrogens (tertiary/aromatic N) is 5. The number of nitrogens with two attached hydrogens (primary N) is 1. The van der Waals surface area contributed by atoms with Gasteiger partial charge < -0.3 is 10.6 Å². The van der Waals surface area contributed by atoms with Crippen LogP contribution in [0.1, 0.15) is 44.7 Å². The number of anilines is 1. The highest BCUT2D eigenvalue weighted by Gasteiger charge is 2.56. The largest absolute Gasteiger partial charge is 0.369 e. The molecular formula is C30H34F2N6O3S. The van der Waals surface area contributed by atoms with E-state index in [4.69, 9.17) is 10.8 Å². The number of carbonyl (C=O) groups excluding carboxylic acids is 1. The molecule has 3 heterocycles. The number of halogens is 2. The summed E-state index contributed by atoms with van der Waals surface area (Å²) in [7, 11) is -3.03. The Bertz CT molecular complexity index is 1600. The predicted molar refractivity (Wildman–Crippen MR) is 155 cm³/mol. The van der Waals surface area contributed by atoms with Crippen molar-refractivity contribution in [2.24, 2.45) is 23.0 Å². The smallest absolute Gasteiger partial charge is 0.225 e. The van der Waals surface area contributed by atoms with Gasteiger partial charge >= 0.3 is 0 Å². The number of pyridine rings is 1. The standard InChI is InChI=1S/C30H34F2N6O3S/c1-19(2)25(17-33)30(29(34)39)16-21(31)7-10-24(30)27-23(18-38(36-27)28-26(32)4-3-11-35-28)20-5-8-22(9-6-20)37-12-14-42(40,41)15-13-37/h3-6,8-9,11,18-19,21,24-25H,7,10,12-16H2,1-2H3,(H2,34,39)/t21?,24?,25-,30?/m0/s1. The second kappa shape index (κ2) is 11.4. The van der Waals surface area contributed by atoms with E-state index in [0.29, 0.717) is 29.9 Å². The molecule has 0 spiro atoms. The van der Waals surface area contributed by atoms with Gasteiger partial charge in [-0.25, -0.2) is 26.9 Å². The second-order valence-electron chi connectivity index (χ2n) is 11.6. The maximum Gasteiger partial charge on any atom is 0.225 e. The molecule has 2 fully saturated rings. The zero-order valence-corrected chi connectivity index (χ0v) is 24.4. The van der Waals surface area contributed by atoms with Gasteiger partial charge in [-0.3, -0.25) is 4.79 Å². The number of nitriles is 1. The molecule has 9 nitrogen and oxygen atoms in total. The lowest BCUT2D eigenvalue weighted by atomic mass is 9.55. The van der Waals surface area contributed by atoms with Crippen LogP contribution in [0.15, 0.2) is 48.8 Å². The molecular weight excluding hydrogens is 562 g/mol. The molecule has 42 heavy (non-hydrogen) atoms. The lowest BCUT2D eigenvalue weighted by molar-refractivity contribution is -0.136. The number of benzene rings is 1. The average Bonchev–Trinajstić information content (AvgIpc) is 3.38. The number of carbonyl (C=O) groups is 1. The lowest BCUT2D eigenvalue weighted by Gasteiger charge is -2.46. The minimum atomic E-state index is -3.03. The van der Waals surface area contributed by atoms with Crippen LogP contribution >= 0.6 is 0 Å².